The molecule has 0 aliphatic carbocycles. The van der Waals surface area contributed by atoms with Gasteiger partial charge in [0.1, 0.15) is 10.6 Å². The van der Waals surface area contributed by atoms with Crippen molar-refractivity contribution in [3.8, 4) is 0 Å². The van der Waals surface area contributed by atoms with Crippen molar-refractivity contribution in [1.29, 1.82) is 0 Å². The fourth-order valence-electron chi connectivity index (χ4n) is 3.61. The lowest BCUT2D eigenvalue weighted by Gasteiger charge is -2.29. The molecule has 26 heavy (non-hydrogen) atoms. The summed E-state index contributed by atoms with van der Waals surface area (Å²) >= 11 is 0. The number of carbonyl (C=O) groups is 1. The fraction of sp³-hybridized carbons (Fsp3) is 0.750. The van der Waals surface area contributed by atoms with Crippen LogP contribution in [0.4, 0.5) is 0 Å². The minimum atomic E-state index is -3.65. The highest BCUT2D eigenvalue weighted by Gasteiger charge is 2.34. The predicted octanol–water partition coefficient (Wildman–Crippen LogP) is 1.08. The summed E-state index contributed by atoms with van der Waals surface area (Å²) in [4.78, 5) is 14.6. The number of carbonyl (C=O) groups excluding carboxylic acids is 1. The zero-order chi connectivity index (χ0) is 18.0. The Morgan fingerprint density at radius 3 is 2.54 bits per heavy atom. The Kier molecular flexibility index (Phi) is 7.06. The predicted molar refractivity (Wildman–Crippen MR) is 98.8 cm³/mol. The third-order valence-corrected chi connectivity index (χ3v) is 7.08. The number of rotatable bonds is 3. The van der Waals surface area contributed by atoms with Crippen LogP contribution in [-0.4, -0.2) is 67.5 Å². The van der Waals surface area contributed by atoms with Crippen molar-refractivity contribution in [3.05, 3.63) is 11.5 Å². The van der Waals surface area contributed by atoms with Gasteiger partial charge in [0, 0.05) is 26.2 Å². The SMILES string of the molecule is Cc1noc(C)c1S(=O)(=O)N1CCCN(C(=O)C2CCCCN2)CC1.Cl. The molecule has 0 spiro atoms. The lowest BCUT2D eigenvalue weighted by atomic mass is 10.0. The Hall–Kier alpha value is -1.16. The van der Waals surface area contributed by atoms with Gasteiger partial charge in [-0.05, 0) is 39.7 Å². The normalized spacial score (nSPS) is 22.5. The van der Waals surface area contributed by atoms with Gasteiger partial charge in [0.15, 0.2) is 5.76 Å². The van der Waals surface area contributed by atoms with E-state index >= 15 is 0 Å². The molecule has 10 heteroatoms. The van der Waals surface area contributed by atoms with Crippen LogP contribution in [0.3, 0.4) is 0 Å². The number of hydrogen-bond acceptors (Lipinski definition) is 6. The summed E-state index contributed by atoms with van der Waals surface area (Å²) in [5, 5.41) is 7.02. The summed E-state index contributed by atoms with van der Waals surface area (Å²) in [5.74, 6) is 0.400. The third kappa shape index (κ3) is 4.21. The van der Waals surface area contributed by atoms with Crippen molar-refractivity contribution in [2.24, 2.45) is 0 Å². The number of aromatic nitrogens is 1. The van der Waals surface area contributed by atoms with E-state index in [0.29, 0.717) is 44.1 Å². The number of piperidine rings is 1. The van der Waals surface area contributed by atoms with Gasteiger partial charge < -0.3 is 14.7 Å². The number of hydrogen-bond donors (Lipinski definition) is 1. The van der Waals surface area contributed by atoms with Crippen molar-refractivity contribution in [2.45, 2.75) is 50.5 Å². The molecule has 1 unspecified atom stereocenters. The summed E-state index contributed by atoms with van der Waals surface area (Å²) in [5.41, 5.74) is 0.376. The third-order valence-electron chi connectivity index (χ3n) is 4.94. The van der Waals surface area contributed by atoms with Crippen molar-refractivity contribution >= 4 is 28.3 Å². The average molecular weight is 407 g/mol. The van der Waals surface area contributed by atoms with Gasteiger partial charge in [0.25, 0.3) is 0 Å². The Morgan fingerprint density at radius 1 is 1.15 bits per heavy atom. The lowest BCUT2D eigenvalue weighted by molar-refractivity contribution is -0.133. The van der Waals surface area contributed by atoms with Gasteiger partial charge in [-0.15, -0.1) is 12.4 Å². The van der Waals surface area contributed by atoms with Gasteiger partial charge in [-0.25, -0.2) is 8.42 Å². The molecule has 1 amide bonds. The van der Waals surface area contributed by atoms with E-state index in [9.17, 15) is 13.2 Å². The Labute approximate surface area is 160 Å². The van der Waals surface area contributed by atoms with Gasteiger partial charge in [-0.3, -0.25) is 4.79 Å². The van der Waals surface area contributed by atoms with Gasteiger partial charge in [-0.2, -0.15) is 4.31 Å². The summed E-state index contributed by atoms with van der Waals surface area (Å²) < 4.78 is 32.3. The van der Waals surface area contributed by atoms with Crippen LogP contribution in [-0.2, 0) is 14.8 Å². The van der Waals surface area contributed by atoms with E-state index in [4.69, 9.17) is 4.52 Å². The molecular weight excluding hydrogens is 380 g/mol. The highest BCUT2D eigenvalue weighted by molar-refractivity contribution is 7.89. The number of nitrogens with zero attached hydrogens (tertiary/aromatic N) is 3. The summed E-state index contributed by atoms with van der Waals surface area (Å²) in [6.45, 7) is 5.81. The molecule has 3 heterocycles. The average Bonchev–Trinajstić information content (AvgIpc) is 2.81. The highest BCUT2D eigenvalue weighted by atomic mass is 35.5. The first-order valence-corrected chi connectivity index (χ1v) is 10.3. The van der Waals surface area contributed by atoms with Crippen molar-refractivity contribution in [3.63, 3.8) is 0 Å². The van der Waals surface area contributed by atoms with Crippen LogP contribution in [0.15, 0.2) is 9.42 Å². The molecular formula is C16H27ClN4O4S. The summed E-state index contributed by atoms with van der Waals surface area (Å²) in [7, 11) is -3.65. The molecule has 1 atom stereocenters. The lowest BCUT2D eigenvalue weighted by Crippen LogP contribution is -2.49. The standard InChI is InChI=1S/C16H26N4O4S.ClH/c1-12-15(13(2)24-18-12)25(22,23)20-9-5-8-19(10-11-20)16(21)14-6-3-4-7-17-14;/h14,17H,3-11H2,1-2H3;1H. The topological polar surface area (TPSA) is 95.8 Å². The molecule has 8 nitrogen and oxygen atoms in total. The summed E-state index contributed by atoms with van der Waals surface area (Å²) in [6.07, 6.45) is 3.65. The van der Waals surface area contributed by atoms with Crippen LogP contribution in [0.5, 0.6) is 0 Å². The van der Waals surface area contributed by atoms with Gasteiger partial charge in [0.2, 0.25) is 15.9 Å². The van der Waals surface area contributed by atoms with E-state index < -0.39 is 10.0 Å². The van der Waals surface area contributed by atoms with Crippen LogP contribution in [0.25, 0.3) is 0 Å². The van der Waals surface area contributed by atoms with Crippen LogP contribution >= 0.6 is 12.4 Å². The van der Waals surface area contributed by atoms with E-state index in [1.165, 1.54) is 4.31 Å². The first-order valence-electron chi connectivity index (χ1n) is 8.86. The molecule has 0 saturated carbocycles. The van der Waals surface area contributed by atoms with Crippen LogP contribution < -0.4 is 5.32 Å². The number of amides is 1. The molecule has 2 aliphatic rings. The molecule has 2 fully saturated rings. The van der Waals surface area contributed by atoms with Crippen molar-refractivity contribution in [1.82, 2.24) is 19.7 Å². The van der Waals surface area contributed by atoms with Gasteiger partial charge in [-0.1, -0.05) is 11.6 Å². The van der Waals surface area contributed by atoms with E-state index in [2.05, 4.69) is 10.5 Å². The Bertz CT molecular complexity index is 711. The molecule has 1 aromatic rings. The second-order valence-corrected chi connectivity index (χ2v) is 8.61. The molecule has 1 N–H and O–H groups in total. The second-order valence-electron chi connectivity index (χ2n) is 6.74. The van der Waals surface area contributed by atoms with Crippen molar-refractivity contribution in [2.75, 3.05) is 32.7 Å². The molecule has 0 bridgehead atoms. The molecule has 2 aliphatic heterocycles. The van der Waals surface area contributed by atoms with Crippen LogP contribution in [0, 0.1) is 13.8 Å². The molecule has 3 rings (SSSR count). The minimum absolute atomic E-state index is 0. The van der Waals surface area contributed by atoms with E-state index in [1.54, 1.807) is 18.7 Å². The maximum atomic E-state index is 12.9. The number of sulfonamides is 1. The minimum Gasteiger partial charge on any atom is -0.360 e. The maximum absolute atomic E-state index is 12.9. The van der Waals surface area contributed by atoms with E-state index in [0.717, 1.165) is 25.8 Å². The van der Waals surface area contributed by atoms with Gasteiger partial charge >= 0.3 is 0 Å². The number of halogens is 1. The molecule has 1 aromatic heterocycles. The monoisotopic (exact) mass is 406 g/mol. The van der Waals surface area contributed by atoms with Crippen molar-refractivity contribution < 1.29 is 17.7 Å². The Morgan fingerprint density at radius 2 is 1.92 bits per heavy atom. The number of nitrogens with one attached hydrogen (secondary N) is 1. The Balaban J connectivity index is 0.00000243. The summed E-state index contributed by atoms with van der Waals surface area (Å²) in [6, 6.07) is -0.125. The quantitative estimate of drug-likeness (QED) is 0.806. The van der Waals surface area contributed by atoms with E-state index in [-0.39, 0.29) is 29.3 Å². The van der Waals surface area contributed by atoms with Crippen LogP contribution in [0.1, 0.15) is 37.1 Å². The maximum Gasteiger partial charge on any atom is 0.248 e. The zero-order valence-corrected chi connectivity index (χ0v) is 16.9. The van der Waals surface area contributed by atoms with Crippen LogP contribution in [0.2, 0.25) is 0 Å². The number of aryl methyl sites for hydroxylation is 2. The first kappa shape index (κ1) is 21.1. The smallest absolute Gasteiger partial charge is 0.248 e. The second kappa shape index (κ2) is 8.69. The van der Waals surface area contributed by atoms with Gasteiger partial charge in [0.05, 0.1) is 6.04 Å². The molecule has 0 radical (unpaired) electrons. The molecule has 2 saturated heterocycles. The van der Waals surface area contributed by atoms with E-state index in [1.807, 2.05) is 0 Å². The molecule has 148 valence electrons. The first-order chi connectivity index (χ1) is 11.9. The zero-order valence-electron chi connectivity index (χ0n) is 15.2. The molecule has 0 aromatic carbocycles. The largest absolute Gasteiger partial charge is 0.360 e. The fourth-order valence-corrected chi connectivity index (χ4v) is 5.37. The highest BCUT2D eigenvalue weighted by Crippen LogP contribution is 2.24.